The van der Waals surface area contributed by atoms with Crippen molar-refractivity contribution in [3.63, 3.8) is 0 Å². The van der Waals surface area contributed by atoms with Gasteiger partial charge < -0.3 is 19.4 Å². The lowest BCUT2D eigenvalue weighted by atomic mass is 10.2. The summed E-state index contributed by atoms with van der Waals surface area (Å²) < 4.78 is 5.26. The summed E-state index contributed by atoms with van der Waals surface area (Å²) in [6.07, 6.45) is 0. The predicted molar refractivity (Wildman–Crippen MR) is 78.6 cm³/mol. The molecule has 8 nitrogen and oxygen atoms in total. The molecular weight excluding hydrogens is 286 g/mol. The van der Waals surface area contributed by atoms with Gasteiger partial charge >= 0.3 is 6.03 Å². The van der Waals surface area contributed by atoms with Gasteiger partial charge in [0.05, 0.1) is 13.2 Å². The van der Waals surface area contributed by atoms with E-state index in [2.05, 4.69) is 10.2 Å². The molecule has 0 aliphatic carbocycles. The van der Waals surface area contributed by atoms with Crippen molar-refractivity contribution in [2.75, 3.05) is 52.5 Å². The summed E-state index contributed by atoms with van der Waals surface area (Å²) in [6, 6.07) is 1.79. The second-order valence-electron chi connectivity index (χ2n) is 5.60. The van der Waals surface area contributed by atoms with Crippen LogP contribution >= 0.6 is 0 Å². The van der Waals surface area contributed by atoms with Crippen molar-refractivity contribution in [3.05, 3.63) is 17.5 Å². The van der Waals surface area contributed by atoms with Gasteiger partial charge in [0, 0.05) is 45.0 Å². The van der Waals surface area contributed by atoms with Crippen molar-refractivity contribution >= 4 is 11.9 Å². The Bertz CT molecular complexity index is 544. The van der Waals surface area contributed by atoms with Crippen LogP contribution in [-0.4, -0.2) is 89.3 Å². The first-order valence-corrected chi connectivity index (χ1v) is 7.58. The molecule has 0 unspecified atom stereocenters. The number of carbonyl (C=O) groups excluding carboxylic acids is 2. The Balaban J connectivity index is 1.53. The lowest BCUT2D eigenvalue weighted by Crippen LogP contribution is -2.55. The van der Waals surface area contributed by atoms with Gasteiger partial charge in [-0.1, -0.05) is 0 Å². The van der Waals surface area contributed by atoms with Gasteiger partial charge in [0.2, 0.25) is 0 Å². The second-order valence-corrected chi connectivity index (χ2v) is 5.60. The van der Waals surface area contributed by atoms with Crippen molar-refractivity contribution in [2.45, 2.75) is 6.92 Å². The molecule has 1 N–H and O–H groups in total. The molecule has 8 heteroatoms. The maximum atomic E-state index is 12.4. The van der Waals surface area contributed by atoms with Crippen LogP contribution in [0.1, 0.15) is 16.2 Å². The van der Waals surface area contributed by atoms with Crippen LogP contribution in [0, 0.1) is 6.92 Å². The molecule has 0 bridgehead atoms. The molecule has 120 valence electrons. The molecule has 1 aromatic heterocycles. The number of amides is 3. The van der Waals surface area contributed by atoms with Crippen LogP contribution in [0.2, 0.25) is 0 Å². The average molecular weight is 307 g/mol. The molecule has 2 fully saturated rings. The largest absolute Gasteiger partial charge is 0.378 e. The van der Waals surface area contributed by atoms with E-state index in [1.165, 1.54) is 0 Å². The number of ether oxygens (including phenoxy) is 1. The highest BCUT2D eigenvalue weighted by molar-refractivity contribution is 5.92. The summed E-state index contributed by atoms with van der Waals surface area (Å²) in [5.41, 5.74) is 1.30. The number of urea groups is 1. The number of rotatable bonds is 1. The first kappa shape index (κ1) is 14.8. The average Bonchev–Trinajstić information content (AvgIpc) is 3.01. The summed E-state index contributed by atoms with van der Waals surface area (Å²) in [7, 11) is 0. The molecule has 2 aliphatic heterocycles. The molecule has 2 aliphatic rings. The Morgan fingerprint density at radius 1 is 1.05 bits per heavy atom. The first-order valence-electron chi connectivity index (χ1n) is 7.58. The Hall–Kier alpha value is -2.09. The van der Waals surface area contributed by atoms with Crippen LogP contribution in [0.5, 0.6) is 0 Å². The van der Waals surface area contributed by atoms with Gasteiger partial charge in [0.25, 0.3) is 5.91 Å². The molecule has 0 spiro atoms. The Morgan fingerprint density at radius 3 is 2.23 bits per heavy atom. The van der Waals surface area contributed by atoms with E-state index in [0.717, 1.165) is 5.69 Å². The minimum atomic E-state index is -0.0807. The number of aryl methyl sites for hydroxylation is 1. The molecule has 1 aromatic rings. The number of hydrogen-bond acceptors (Lipinski definition) is 4. The fourth-order valence-corrected chi connectivity index (χ4v) is 2.75. The number of carbonyl (C=O) groups is 2. The summed E-state index contributed by atoms with van der Waals surface area (Å²) in [5, 5.41) is 6.78. The number of morpholine rings is 1. The smallest absolute Gasteiger partial charge is 0.320 e. The molecule has 0 saturated carbocycles. The molecule has 2 saturated heterocycles. The van der Waals surface area contributed by atoms with Crippen molar-refractivity contribution in [1.82, 2.24) is 24.9 Å². The van der Waals surface area contributed by atoms with Crippen molar-refractivity contribution < 1.29 is 14.3 Å². The third-order valence-corrected chi connectivity index (χ3v) is 4.04. The highest BCUT2D eigenvalue weighted by Crippen LogP contribution is 2.10. The fraction of sp³-hybridized carbons (Fsp3) is 0.643. The predicted octanol–water partition coefficient (Wildman–Crippen LogP) is -0.0719. The van der Waals surface area contributed by atoms with Crippen LogP contribution in [0.3, 0.4) is 0 Å². The van der Waals surface area contributed by atoms with E-state index in [4.69, 9.17) is 4.74 Å². The van der Waals surface area contributed by atoms with E-state index < -0.39 is 0 Å². The van der Waals surface area contributed by atoms with E-state index in [0.29, 0.717) is 58.2 Å². The number of nitrogens with one attached hydrogen (secondary N) is 1. The van der Waals surface area contributed by atoms with Gasteiger partial charge in [0.1, 0.15) is 5.69 Å². The molecule has 0 atom stereocenters. The molecule has 3 heterocycles. The SMILES string of the molecule is Cc1cc(C(=O)N2CCN(C(=O)N3CCOCC3)CC2)n[nH]1. The maximum Gasteiger partial charge on any atom is 0.320 e. The van der Waals surface area contributed by atoms with Crippen LogP contribution in [0.25, 0.3) is 0 Å². The number of nitrogens with zero attached hydrogens (tertiary/aromatic N) is 4. The van der Waals surface area contributed by atoms with Gasteiger partial charge in [0.15, 0.2) is 0 Å². The topological polar surface area (TPSA) is 81.8 Å². The number of hydrogen-bond donors (Lipinski definition) is 1. The monoisotopic (exact) mass is 307 g/mol. The summed E-state index contributed by atoms with van der Waals surface area (Å²) in [4.78, 5) is 30.1. The quantitative estimate of drug-likeness (QED) is 0.787. The highest BCUT2D eigenvalue weighted by Gasteiger charge is 2.28. The van der Waals surface area contributed by atoms with Gasteiger partial charge in [-0.25, -0.2) is 4.79 Å². The van der Waals surface area contributed by atoms with Gasteiger partial charge in [-0.3, -0.25) is 9.89 Å². The Morgan fingerprint density at radius 2 is 1.64 bits per heavy atom. The van der Waals surface area contributed by atoms with Crippen LogP contribution in [-0.2, 0) is 4.74 Å². The zero-order chi connectivity index (χ0) is 15.5. The summed E-state index contributed by atoms with van der Waals surface area (Å²) in [5.74, 6) is -0.0807. The first-order chi connectivity index (χ1) is 10.6. The minimum absolute atomic E-state index is 0.0472. The van der Waals surface area contributed by atoms with Crippen molar-refractivity contribution in [2.24, 2.45) is 0 Å². The lowest BCUT2D eigenvalue weighted by molar-refractivity contribution is 0.0361. The third-order valence-electron chi connectivity index (χ3n) is 4.04. The fourth-order valence-electron chi connectivity index (χ4n) is 2.75. The summed E-state index contributed by atoms with van der Waals surface area (Å²) in [6.45, 7) is 6.56. The van der Waals surface area contributed by atoms with E-state index in [-0.39, 0.29) is 11.9 Å². The van der Waals surface area contributed by atoms with Crippen LogP contribution < -0.4 is 0 Å². The molecule has 0 radical (unpaired) electrons. The lowest BCUT2D eigenvalue weighted by Gasteiger charge is -2.38. The standard InChI is InChI=1S/C14H21N5O3/c1-11-10-12(16-15-11)13(20)17-2-4-18(5-3-17)14(21)19-6-8-22-9-7-19/h10H,2-9H2,1H3,(H,15,16). The third kappa shape index (κ3) is 3.06. The number of aromatic amines is 1. The van der Waals surface area contributed by atoms with Gasteiger partial charge in [-0.05, 0) is 13.0 Å². The zero-order valence-electron chi connectivity index (χ0n) is 12.7. The number of H-pyrrole nitrogens is 1. The maximum absolute atomic E-state index is 12.4. The van der Waals surface area contributed by atoms with E-state index >= 15 is 0 Å². The number of piperazine rings is 1. The Labute approximate surface area is 129 Å². The van der Waals surface area contributed by atoms with Gasteiger partial charge in [-0.2, -0.15) is 5.10 Å². The van der Waals surface area contributed by atoms with E-state index in [9.17, 15) is 9.59 Å². The van der Waals surface area contributed by atoms with Crippen LogP contribution in [0.15, 0.2) is 6.07 Å². The van der Waals surface area contributed by atoms with Crippen molar-refractivity contribution in [3.8, 4) is 0 Å². The molecule has 3 rings (SSSR count). The highest BCUT2D eigenvalue weighted by atomic mass is 16.5. The van der Waals surface area contributed by atoms with Gasteiger partial charge in [-0.15, -0.1) is 0 Å². The molecule has 0 aromatic carbocycles. The Kier molecular flexibility index (Phi) is 4.28. The zero-order valence-corrected chi connectivity index (χ0v) is 12.7. The van der Waals surface area contributed by atoms with Crippen molar-refractivity contribution in [1.29, 1.82) is 0 Å². The second kappa shape index (κ2) is 6.35. The molecular formula is C14H21N5O3. The van der Waals surface area contributed by atoms with Crippen LogP contribution in [0.4, 0.5) is 4.79 Å². The van der Waals surface area contributed by atoms with E-state index in [1.54, 1.807) is 11.0 Å². The summed E-state index contributed by atoms with van der Waals surface area (Å²) >= 11 is 0. The molecule has 3 amide bonds. The normalized spacial score (nSPS) is 19.4. The molecule has 22 heavy (non-hydrogen) atoms. The minimum Gasteiger partial charge on any atom is -0.378 e. The number of aromatic nitrogens is 2. The van der Waals surface area contributed by atoms with E-state index in [1.807, 2.05) is 16.7 Å².